The molecule has 414 valence electrons. The van der Waals surface area contributed by atoms with Crippen molar-refractivity contribution in [2.24, 2.45) is 0 Å². The normalized spacial score (nSPS) is 14.2. The van der Waals surface area contributed by atoms with Gasteiger partial charge in [0, 0.05) is 12.8 Å². The quantitative estimate of drug-likeness (QED) is 0.0212. The molecule has 3 unspecified atom stereocenters. The lowest BCUT2D eigenvalue weighted by Crippen LogP contribution is -2.47. The van der Waals surface area contributed by atoms with Crippen LogP contribution in [0.3, 0.4) is 0 Å². The van der Waals surface area contributed by atoms with Crippen molar-refractivity contribution in [3.05, 3.63) is 60.8 Å². The van der Waals surface area contributed by atoms with Gasteiger partial charge in [0.1, 0.15) is 19.3 Å². The SMILES string of the molecule is CCCCC/C=C\C/C=C\C/C=C\CCCCCCCCC(=O)OC(/C=C/CCCCCCCCCCCC)C(COP(=O)([O-])OCC[N+](C)(C)C)NC(=O)CCCCC/C=C\CCCCCCCCC. The summed E-state index contributed by atoms with van der Waals surface area (Å²) in [5.41, 5.74) is 0. The van der Waals surface area contributed by atoms with Crippen LogP contribution < -0.4 is 10.2 Å². The Labute approximate surface area is 439 Å². The molecule has 0 aliphatic heterocycles. The molecule has 0 saturated heterocycles. The molecular formula is C61H113N2O7P. The average Bonchev–Trinajstić information content (AvgIpc) is 3.33. The summed E-state index contributed by atoms with van der Waals surface area (Å²) in [5.74, 6) is -0.572. The minimum Gasteiger partial charge on any atom is -0.756 e. The van der Waals surface area contributed by atoms with E-state index in [4.69, 9.17) is 13.8 Å². The number of nitrogens with zero attached hydrogens (tertiary/aromatic N) is 1. The Morgan fingerprint density at radius 2 is 0.859 bits per heavy atom. The zero-order valence-corrected chi connectivity index (χ0v) is 48.1. The van der Waals surface area contributed by atoms with Crippen LogP contribution in [0.5, 0.6) is 0 Å². The fourth-order valence-electron chi connectivity index (χ4n) is 8.29. The number of carbonyl (C=O) groups excluding carboxylic acids is 2. The number of likely N-dealkylation sites (N-methyl/N-ethyl adjacent to an activating group) is 1. The van der Waals surface area contributed by atoms with E-state index in [1.54, 1.807) is 0 Å². The van der Waals surface area contributed by atoms with E-state index >= 15 is 0 Å². The number of carbonyl (C=O) groups is 2. The van der Waals surface area contributed by atoms with Crippen LogP contribution in [0, 0.1) is 0 Å². The standard InChI is InChI=1S/C61H113N2O7P/c1-7-10-13-16-19-22-25-28-30-31-32-33-34-36-39-42-45-48-51-54-61(65)70-59(52-49-46-43-40-37-27-24-21-18-15-12-9-3)58(57-69-71(66,67)68-56-55-63(4,5)6)62-60(64)53-50-47-44-41-38-35-29-26-23-20-17-14-11-8-2/h19,22,28,30,32-33,35,38,49,52,58-59H,7-18,20-21,23-27,29,31,34,36-37,39-48,50-51,53-57H2,1-6H3,(H-,62,64,66,67)/b22-19-,30-28-,33-32-,38-35-,52-49+. The van der Waals surface area contributed by atoms with Gasteiger partial charge in [-0.25, -0.2) is 0 Å². The van der Waals surface area contributed by atoms with Gasteiger partial charge in [-0.1, -0.05) is 217 Å². The van der Waals surface area contributed by atoms with Gasteiger partial charge in [0.25, 0.3) is 7.82 Å². The molecule has 1 amide bonds. The summed E-state index contributed by atoms with van der Waals surface area (Å²) in [5, 5.41) is 3.01. The number of nitrogens with one attached hydrogen (secondary N) is 1. The van der Waals surface area contributed by atoms with Gasteiger partial charge in [0.05, 0.1) is 33.8 Å². The van der Waals surface area contributed by atoms with Gasteiger partial charge in [0.2, 0.25) is 5.91 Å². The average molecular weight is 1020 g/mol. The van der Waals surface area contributed by atoms with E-state index in [1.165, 1.54) is 135 Å². The Morgan fingerprint density at radius 3 is 1.34 bits per heavy atom. The lowest BCUT2D eigenvalue weighted by molar-refractivity contribution is -0.870. The summed E-state index contributed by atoms with van der Waals surface area (Å²) >= 11 is 0. The maximum Gasteiger partial charge on any atom is 0.306 e. The second-order valence-corrected chi connectivity index (χ2v) is 22.6. The first-order valence-corrected chi connectivity index (χ1v) is 31.1. The van der Waals surface area contributed by atoms with Crippen molar-refractivity contribution in [1.82, 2.24) is 5.32 Å². The van der Waals surface area contributed by atoms with E-state index in [0.717, 1.165) is 83.5 Å². The van der Waals surface area contributed by atoms with Gasteiger partial charge in [0.15, 0.2) is 0 Å². The van der Waals surface area contributed by atoms with Crippen LogP contribution in [0.2, 0.25) is 0 Å². The summed E-state index contributed by atoms with van der Waals surface area (Å²) < 4.78 is 30.2. The first-order chi connectivity index (χ1) is 34.4. The van der Waals surface area contributed by atoms with Gasteiger partial charge < -0.3 is 28.5 Å². The molecule has 0 spiro atoms. The smallest absolute Gasteiger partial charge is 0.306 e. The second kappa shape index (κ2) is 51.2. The highest BCUT2D eigenvalue weighted by Crippen LogP contribution is 2.38. The maximum atomic E-state index is 13.5. The molecule has 0 fully saturated rings. The van der Waals surface area contributed by atoms with Crippen LogP contribution in [0.15, 0.2) is 60.8 Å². The topological polar surface area (TPSA) is 114 Å². The van der Waals surface area contributed by atoms with E-state index in [2.05, 4.69) is 74.7 Å². The Morgan fingerprint density at radius 1 is 0.493 bits per heavy atom. The molecule has 0 aromatic heterocycles. The number of amides is 1. The minimum atomic E-state index is -4.70. The number of ether oxygens (including phenoxy) is 1. The molecular weight excluding hydrogens is 904 g/mol. The van der Waals surface area contributed by atoms with E-state index < -0.39 is 26.6 Å². The highest BCUT2D eigenvalue weighted by atomic mass is 31.2. The summed E-state index contributed by atoms with van der Waals surface area (Å²) in [7, 11) is 1.17. The molecule has 0 rings (SSSR count). The number of hydrogen-bond donors (Lipinski definition) is 1. The second-order valence-electron chi connectivity index (χ2n) is 21.1. The zero-order chi connectivity index (χ0) is 52.2. The van der Waals surface area contributed by atoms with Crippen molar-refractivity contribution in [1.29, 1.82) is 0 Å². The first kappa shape index (κ1) is 68.7. The largest absolute Gasteiger partial charge is 0.756 e. The van der Waals surface area contributed by atoms with Crippen molar-refractivity contribution >= 4 is 19.7 Å². The van der Waals surface area contributed by atoms with Crippen molar-refractivity contribution in [3.63, 3.8) is 0 Å². The first-order valence-electron chi connectivity index (χ1n) is 29.6. The molecule has 10 heteroatoms. The summed E-state index contributed by atoms with van der Waals surface area (Å²) in [6, 6.07) is -0.901. The third-order valence-corrected chi connectivity index (χ3v) is 13.9. The molecule has 0 radical (unpaired) electrons. The lowest BCUT2D eigenvalue weighted by Gasteiger charge is -2.30. The molecule has 3 atom stereocenters. The van der Waals surface area contributed by atoms with Crippen molar-refractivity contribution in [2.45, 2.75) is 277 Å². The predicted octanol–water partition coefficient (Wildman–Crippen LogP) is 17.3. The number of quaternary nitrogens is 1. The van der Waals surface area contributed by atoms with E-state index in [1.807, 2.05) is 33.3 Å². The maximum absolute atomic E-state index is 13.5. The highest BCUT2D eigenvalue weighted by Gasteiger charge is 2.27. The van der Waals surface area contributed by atoms with Crippen LogP contribution in [-0.4, -0.2) is 69.4 Å². The fourth-order valence-corrected chi connectivity index (χ4v) is 9.01. The van der Waals surface area contributed by atoms with Crippen molar-refractivity contribution < 1.29 is 37.3 Å². The lowest BCUT2D eigenvalue weighted by atomic mass is 10.0. The van der Waals surface area contributed by atoms with E-state index in [0.29, 0.717) is 30.3 Å². The molecule has 0 aromatic rings. The van der Waals surface area contributed by atoms with Crippen molar-refractivity contribution in [2.75, 3.05) is 40.9 Å². The van der Waals surface area contributed by atoms with Crippen LogP contribution in [0.1, 0.15) is 265 Å². The Kier molecular flexibility index (Phi) is 49.6. The van der Waals surface area contributed by atoms with Gasteiger partial charge in [-0.2, -0.15) is 0 Å². The van der Waals surface area contributed by atoms with Gasteiger partial charge >= 0.3 is 5.97 Å². The summed E-state index contributed by atoms with van der Waals surface area (Å²) in [6.45, 7) is 6.79. The molecule has 0 bridgehead atoms. The molecule has 0 aliphatic rings. The van der Waals surface area contributed by atoms with Crippen molar-refractivity contribution in [3.8, 4) is 0 Å². The highest BCUT2D eigenvalue weighted by molar-refractivity contribution is 7.45. The minimum absolute atomic E-state index is 0.0284. The molecule has 0 heterocycles. The summed E-state index contributed by atoms with van der Waals surface area (Å²) in [4.78, 5) is 39.9. The molecule has 0 aliphatic carbocycles. The van der Waals surface area contributed by atoms with Crippen LogP contribution in [0.25, 0.3) is 0 Å². The van der Waals surface area contributed by atoms with Crippen LogP contribution in [0.4, 0.5) is 0 Å². The van der Waals surface area contributed by atoms with Gasteiger partial charge in [-0.15, -0.1) is 0 Å². The molecule has 0 aromatic carbocycles. The summed E-state index contributed by atoms with van der Waals surface area (Å²) in [6.07, 6.45) is 63.2. The number of hydrogen-bond acceptors (Lipinski definition) is 7. The Balaban J connectivity index is 5.35. The van der Waals surface area contributed by atoms with E-state index in [9.17, 15) is 19.0 Å². The molecule has 71 heavy (non-hydrogen) atoms. The number of esters is 1. The van der Waals surface area contributed by atoms with Gasteiger partial charge in [-0.3, -0.25) is 14.2 Å². The number of rotatable bonds is 53. The Hall–Kier alpha value is -2.29. The third kappa shape index (κ3) is 52.4. The Bertz CT molecular complexity index is 1400. The monoisotopic (exact) mass is 1020 g/mol. The number of phosphoric acid groups is 1. The number of allylic oxidation sites excluding steroid dienone is 9. The zero-order valence-electron chi connectivity index (χ0n) is 47.2. The molecule has 9 nitrogen and oxygen atoms in total. The molecule has 0 saturated carbocycles. The van der Waals surface area contributed by atoms with E-state index in [-0.39, 0.29) is 24.9 Å². The van der Waals surface area contributed by atoms with Gasteiger partial charge in [-0.05, 0) is 96.0 Å². The fraction of sp³-hybridized carbons (Fsp3) is 0.803. The predicted molar refractivity (Wildman–Crippen MR) is 302 cm³/mol. The third-order valence-electron chi connectivity index (χ3n) is 12.9. The molecule has 1 N–H and O–H groups in total. The van der Waals surface area contributed by atoms with Crippen LogP contribution >= 0.6 is 7.82 Å². The van der Waals surface area contributed by atoms with Crippen LogP contribution in [-0.2, 0) is 27.9 Å². The number of unbranched alkanes of at least 4 members (excludes halogenated alkanes) is 29. The number of phosphoric ester groups is 1.